The molecule has 0 aliphatic carbocycles. The van der Waals surface area contributed by atoms with Gasteiger partial charge in [-0.3, -0.25) is 4.79 Å². The lowest BCUT2D eigenvalue weighted by atomic mass is 9.92. The summed E-state index contributed by atoms with van der Waals surface area (Å²) in [5, 5.41) is 0. The number of primary amides is 1. The summed E-state index contributed by atoms with van der Waals surface area (Å²) < 4.78 is 10.5. The molecular formula is C18H21NO3. The highest BCUT2D eigenvalue weighted by Crippen LogP contribution is 2.28. The number of nitrogens with two attached hydrogens (primary N) is 1. The van der Waals surface area contributed by atoms with Crippen LogP contribution in [0.2, 0.25) is 0 Å². The molecule has 2 aromatic rings. The van der Waals surface area contributed by atoms with Gasteiger partial charge >= 0.3 is 0 Å². The maximum Gasteiger partial charge on any atom is 0.221 e. The van der Waals surface area contributed by atoms with Gasteiger partial charge in [-0.25, -0.2) is 0 Å². The highest BCUT2D eigenvalue weighted by atomic mass is 16.5. The highest BCUT2D eigenvalue weighted by Gasteiger charge is 2.17. The summed E-state index contributed by atoms with van der Waals surface area (Å²) in [6.07, 6.45) is 1.20. The highest BCUT2D eigenvalue weighted by molar-refractivity contribution is 5.77. The van der Waals surface area contributed by atoms with Crippen LogP contribution in [0.15, 0.2) is 48.5 Å². The van der Waals surface area contributed by atoms with Crippen molar-refractivity contribution in [1.29, 1.82) is 0 Å². The molecular weight excluding hydrogens is 278 g/mol. The van der Waals surface area contributed by atoms with E-state index in [1.807, 2.05) is 48.5 Å². The van der Waals surface area contributed by atoms with Gasteiger partial charge in [0.25, 0.3) is 0 Å². The summed E-state index contributed by atoms with van der Waals surface area (Å²) >= 11 is 0. The van der Waals surface area contributed by atoms with Gasteiger partial charge in [0.1, 0.15) is 0 Å². The van der Waals surface area contributed by atoms with E-state index < -0.39 is 0 Å². The van der Waals surface area contributed by atoms with Crippen LogP contribution in [-0.2, 0) is 17.6 Å². The minimum Gasteiger partial charge on any atom is -0.493 e. The number of rotatable bonds is 7. The molecule has 2 aromatic carbocycles. The summed E-state index contributed by atoms with van der Waals surface area (Å²) in [6, 6.07) is 15.6. The van der Waals surface area contributed by atoms with Crippen molar-refractivity contribution in [2.75, 3.05) is 14.2 Å². The van der Waals surface area contributed by atoms with E-state index in [-0.39, 0.29) is 11.8 Å². The zero-order chi connectivity index (χ0) is 15.9. The van der Waals surface area contributed by atoms with Crippen LogP contribution in [-0.4, -0.2) is 20.1 Å². The number of hydrogen-bond acceptors (Lipinski definition) is 3. The van der Waals surface area contributed by atoms with Gasteiger partial charge in [0.15, 0.2) is 11.5 Å². The van der Waals surface area contributed by atoms with Crippen molar-refractivity contribution in [3.8, 4) is 11.5 Å². The molecule has 0 aromatic heterocycles. The van der Waals surface area contributed by atoms with E-state index in [0.717, 1.165) is 11.1 Å². The first-order valence-corrected chi connectivity index (χ1v) is 7.18. The Bertz CT molecular complexity index is 625. The van der Waals surface area contributed by atoms with Crippen LogP contribution < -0.4 is 15.2 Å². The lowest BCUT2D eigenvalue weighted by molar-refractivity contribution is -0.121. The van der Waals surface area contributed by atoms with Gasteiger partial charge in [-0.1, -0.05) is 36.4 Å². The molecule has 0 aliphatic rings. The van der Waals surface area contributed by atoms with Crippen molar-refractivity contribution in [3.05, 3.63) is 59.7 Å². The zero-order valence-corrected chi connectivity index (χ0v) is 12.9. The Kier molecular flexibility index (Phi) is 5.42. The first-order chi connectivity index (χ1) is 10.6. The molecule has 0 bridgehead atoms. The number of amides is 1. The molecule has 0 saturated heterocycles. The Morgan fingerprint density at radius 2 is 1.59 bits per heavy atom. The second-order valence-corrected chi connectivity index (χ2v) is 5.18. The summed E-state index contributed by atoms with van der Waals surface area (Å²) in [4.78, 5) is 11.8. The Morgan fingerprint density at radius 1 is 0.955 bits per heavy atom. The average Bonchev–Trinajstić information content (AvgIpc) is 2.55. The molecule has 4 heteroatoms. The predicted molar refractivity (Wildman–Crippen MR) is 86.1 cm³/mol. The standard InChI is InChI=1S/C18H21NO3/c1-21-16-9-8-14(12-17(16)22-2)11-15(18(19)20)10-13-6-4-3-5-7-13/h3-9,12,15H,10-11H2,1-2H3,(H2,19,20). The fourth-order valence-electron chi connectivity index (χ4n) is 2.46. The Hall–Kier alpha value is -2.49. The van der Waals surface area contributed by atoms with Gasteiger partial charge in [0.05, 0.1) is 14.2 Å². The molecule has 1 atom stereocenters. The number of benzene rings is 2. The SMILES string of the molecule is COc1ccc(CC(Cc2ccccc2)C(N)=O)cc1OC. The minimum atomic E-state index is -0.293. The van der Waals surface area contributed by atoms with E-state index in [0.29, 0.717) is 24.3 Å². The zero-order valence-electron chi connectivity index (χ0n) is 12.9. The molecule has 2 N–H and O–H groups in total. The summed E-state index contributed by atoms with van der Waals surface area (Å²) in [6.45, 7) is 0. The summed E-state index contributed by atoms with van der Waals surface area (Å²) in [5.74, 6) is 0.784. The molecule has 0 radical (unpaired) electrons. The molecule has 0 fully saturated rings. The average molecular weight is 299 g/mol. The van der Waals surface area contributed by atoms with E-state index in [4.69, 9.17) is 15.2 Å². The third-order valence-electron chi connectivity index (χ3n) is 3.66. The smallest absolute Gasteiger partial charge is 0.221 e. The molecule has 1 amide bonds. The first-order valence-electron chi connectivity index (χ1n) is 7.18. The summed E-state index contributed by atoms with van der Waals surface area (Å²) in [7, 11) is 3.19. The van der Waals surface area contributed by atoms with Crippen molar-refractivity contribution in [3.63, 3.8) is 0 Å². The fraction of sp³-hybridized carbons (Fsp3) is 0.278. The van der Waals surface area contributed by atoms with Crippen LogP contribution in [0.4, 0.5) is 0 Å². The van der Waals surface area contributed by atoms with E-state index in [1.165, 1.54) is 0 Å². The monoisotopic (exact) mass is 299 g/mol. The van der Waals surface area contributed by atoms with Crippen molar-refractivity contribution in [2.45, 2.75) is 12.8 Å². The first kappa shape index (κ1) is 15.9. The van der Waals surface area contributed by atoms with Gasteiger partial charge in [0, 0.05) is 5.92 Å². The van der Waals surface area contributed by atoms with Crippen LogP contribution >= 0.6 is 0 Å². The van der Waals surface area contributed by atoms with Gasteiger partial charge in [-0.2, -0.15) is 0 Å². The van der Waals surface area contributed by atoms with E-state index in [9.17, 15) is 4.79 Å². The van der Waals surface area contributed by atoms with Crippen molar-refractivity contribution < 1.29 is 14.3 Å². The van der Waals surface area contributed by atoms with Crippen LogP contribution in [0.5, 0.6) is 11.5 Å². The van der Waals surface area contributed by atoms with Gasteiger partial charge in [0.2, 0.25) is 5.91 Å². The number of ether oxygens (including phenoxy) is 2. The van der Waals surface area contributed by atoms with Crippen molar-refractivity contribution >= 4 is 5.91 Å². The molecule has 4 nitrogen and oxygen atoms in total. The van der Waals surface area contributed by atoms with Crippen molar-refractivity contribution in [1.82, 2.24) is 0 Å². The number of methoxy groups -OCH3 is 2. The third-order valence-corrected chi connectivity index (χ3v) is 3.66. The van der Waals surface area contributed by atoms with E-state index in [2.05, 4.69) is 0 Å². The molecule has 1 unspecified atom stereocenters. The topological polar surface area (TPSA) is 61.5 Å². The van der Waals surface area contributed by atoms with Crippen LogP contribution in [0.25, 0.3) is 0 Å². The minimum absolute atomic E-state index is 0.250. The van der Waals surface area contributed by atoms with E-state index in [1.54, 1.807) is 14.2 Å². The van der Waals surface area contributed by atoms with Crippen molar-refractivity contribution in [2.24, 2.45) is 11.7 Å². The Morgan fingerprint density at radius 3 is 2.18 bits per heavy atom. The predicted octanol–water partition coefficient (Wildman–Crippen LogP) is 2.59. The molecule has 116 valence electrons. The Balaban J connectivity index is 2.16. The normalized spacial score (nSPS) is 11.7. The van der Waals surface area contributed by atoms with Gasteiger partial charge in [-0.05, 0) is 36.1 Å². The quantitative estimate of drug-likeness (QED) is 0.855. The van der Waals surface area contributed by atoms with Crippen LogP contribution in [0, 0.1) is 5.92 Å². The van der Waals surface area contributed by atoms with Crippen LogP contribution in [0.3, 0.4) is 0 Å². The molecule has 0 saturated carbocycles. The fourth-order valence-corrected chi connectivity index (χ4v) is 2.46. The van der Waals surface area contributed by atoms with E-state index >= 15 is 0 Å². The Labute approximate surface area is 130 Å². The lowest BCUT2D eigenvalue weighted by Gasteiger charge is -2.15. The second-order valence-electron chi connectivity index (χ2n) is 5.18. The number of hydrogen-bond donors (Lipinski definition) is 1. The maximum absolute atomic E-state index is 11.8. The van der Waals surface area contributed by atoms with Crippen LogP contribution in [0.1, 0.15) is 11.1 Å². The molecule has 0 aliphatic heterocycles. The number of carbonyl (C=O) groups is 1. The van der Waals surface area contributed by atoms with Gasteiger partial charge < -0.3 is 15.2 Å². The molecule has 22 heavy (non-hydrogen) atoms. The third kappa shape index (κ3) is 4.01. The summed E-state index contributed by atoms with van der Waals surface area (Å²) in [5.41, 5.74) is 7.67. The lowest BCUT2D eigenvalue weighted by Crippen LogP contribution is -2.27. The maximum atomic E-state index is 11.8. The van der Waals surface area contributed by atoms with Gasteiger partial charge in [-0.15, -0.1) is 0 Å². The molecule has 0 spiro atoms. The molecule has 0 heterocycles. The molecule has 2 rings (SSSR count). The largest absolute Gasteiger partial charge is 0.493 e. The second kappa shape index (κ2) is 7.50. The number of carbonyl (C=O) groups excluding carboxylic acids is 1.